The second kappa shape index (κ2) is 6.17. The van der Waals surface area contributed by atoms with Gasteiger partial charge < -0.3 is 9.84 Å². The molecule has 1 aliphatic heterocycles. The summed E-state index contributed by atoms with van der Waals surface area (Å²) in [5.74, 6) is 2.67. The summed E-state index contributed by atoms with van der Waals surface area (Å²) in [6, 6.07) is 0. The molecule has 0 aromatic rings. The molecule has 4 aliphatic carbocycles. The molecule has 5 aliphatic rings. The van der Waals surface area contributed by atoms with Crippen LogP contribution in [0.25, 0.3) is 0 Å². The third-order valence-electron chi connectivity index (χ3n) is 9.80. The Morgan fingerprint density at radius 3 is 2.79 bits per heavy atom. The van der Waals surface area contributed by atoms with E-state index in [1.54, 1.807) is 0 Å². The zero-order valence-electron chi connectivity index (χ0n) is 17.4. The Bertz CT molecular complexity index is 741. The smallest absolute Gasteiger partial charge is 0.303 e. The lowest BCUT2D eigenvalue weighted by Crippen LogP contribution is -2.53. The van der Waals surface area contributed by atoms with Crippen molar-refractivity contribution in [3.05, 3.63) is 11.6 Å². The molecule has 1 saturated heterocycles. The van der Waals surface area contributed by atoms with Crippen molar-refractivity contribution in [1.82, 2.24) is 0 Å². The van der Waals surface area contributed by atoms with Crippen LogP contribution in [-0.4, -0.2) is 29.1 Å². The van der Waals surface area contributed by atoms with Crippen molar-refractivity contribution in [3.8, 4) is 0 Å². The van der Waals surface area contributed by atoms with E-state index in [0.717, 1.165) is 12.8 Å². The highest BCUT2D eigenvalue weighted by Gasteiger charge is 2.69. The monoisotopic (exact) mass is 386 g/mol. The highest BCUT2D eigenvalue weighted by molar-refractivity contribution is 5.92. The number of ketones is 1. The first-order valence-electron chi connectivity index (χ1n) is 11.4. The van der Waals surface area contributed by atoms with E-state index in [9.17, 15) is 9.59 Å². The summed E-state index contributed by atoms with van der Waals surface area (Å²) >= 11 is 0. The summed E-state index contributed by atoms with van der Waals surface area (Å²) in [4.78, 5) is 23.1. The number of hydrogen-bond donors (Lipinski definition) is 1. The summed E-state index contributed by atoms with van der Waals surface area (Å²) in [6.07, 6.45) is 10.2. The van der Waals surface area contributed by atoms with E-state index in [-0.39, 0.29) is 17.3 Å². The fourth-order valence-corrected chi connectivity index (χ4v) is 8.33. The Kier molecular flexibility index (Phi) is 4.15. The van der Waals surface area contributed by atoms with Gasteiger partial charge in [-0.05, 0) is 90.6 Å². The predicted molar refractivity (Wildman–Crippen MR) is 106 cm³/mol. The van der Waals surface area contributed by atoms with Crippen LogP contribution < -0.4 is 0 Å². The first-order chi connectivity index (χ1) is 13.3. The second-order valence-electron chi connectivity index (χ2n) is 10.9. The number of carbonyl (C=O) groups is 2. The Hall–Kier alpha value is -1.16. The fraction of sp³-hybridized carbons (Fsp3) is 0.833. The van der Waals surface area contributed by atoms with Gasteiger partial charge in [-0.1, -0.05) is 20.8 Å². The maximum atomic E-state index is 12.1. The average Bonchev–Trinajstić information content (AvgIpc) is 3.35. The number of rotatable bonds is 4. The normalized spacial score (nSPS) is 50.0. The molecule has 4 nitrogen and oxygen atoms in total. The maximum Gasteiger partial charge on any atom is 0.303 e. The molecule has 154 valence electrons. The predicted octanol–water partition coefficient (Wildman–Crippen LogP) is 4.62. The van der Waals surface area contributed by atoms with Crippen LogP contribution in [0.3, 0.4) is 0 Å². The summed E-state index contributed by atoms with van der Waals surface area (Å²) < 4.78 is 6.26. The van der Waals surface area contributed by atoms with Crippen molar-refractivity contribution in [2.45, 2.75) is 84.3 Å². The number of epoxide rings is 1. The van der Waals surface area contributed by atoms with E-state index in [0.29, 0.717) is 54.0 Å². The van der Waals surface area contributed by atoms with Gasteiger partial charge in [0.05, 0.1) is 6.10 Å². The van der Waals surface area contributed by atoms with Crippen LogP contribution in [0, 0.1) is 40.4 Å². The van der Waals surface area contributed by atoms with Crippen LogP contribution >= 0.6 is 0 Å². The minimum absolute atomic E-state index is 0.143. The van der Waals surface area contributed by atoms with Crippen LogP contribution in [-0.2, 0) is 14.3 Å². The van der Waals surface area contributed by atoms with Gasteiger partial charge in [0.1, 0.15) is 6.10 Å². The lowest BCUT2D eigenvalue weighted by atomic mass is 9.46. The van der Waals surface area contributed by atoms with Crippen LogP contribution in [0.1, 0.15) is 72.1 Å². The number of hydrogen-bond acceptors (Lipinski definition) is 3. The number of ether oxygens (including phenoxy) is 1. The van der Waals surface area contributed by atoms with Crippen LogP contribution in [0.5, 0.6) is 0 Å². The lowest BCUT2D eigenvalue weighted by molar-refractivity contribution is -0.137. The number of fused-ring (bicyclic) bond motifs is 8. The molecule has 5 rings (SSSR count). The van der Waals surface area contributed by atoms with Gasteiger partial charge in [0, 0.05) is 12.8 Å². The molecular weight excluding hydrogens is 352 g/mol. The molecule has 0 aromatic heterocycles. The molecule has 3 saturated carbocycles. The van der Waals surface area contributed by atoms with Gasteiger partial charge in [0.25, 0.3) is 0 Å². The zero-order valence-corrected chi connectivity index (χ0v) is 17.4. The highest BCUT2D eigenvalue weighted by Crippen LogP contribution is 2.70. The number of carbonyl (C=O) groups excluding carboxylic acids is 1. The molecule has 4 heteroatoms. The number of carboxylic acids is 1. The average molecular weight is 387 g/mol. The van der Waals surface area contributed by atoms with E-state index < -0.39 is 5.97 Å². The van der Waals surface area contributed by atoms with Crippen molar-refractivity contribution < 1.29 is 19.4 Å². The Labute approximate surface area is 168 Å². The molecule has 9 atom stereocenters. The van der Waals surface area contributed by atoms with Gasteiger partial charge in [-0.3, -0.25) is 9.59 Å². The minimum atomic E-state index is -0.671. The van der Waals surface area contributed by atoms with E-state index >= 15 is 0 Å². The quantitative estimate of drug-likeness (QED) is 0.716. The summed E-state index contributed by atoms with van der Waals surface area (Å²) in [5.41, 5.74) is 1.77. The zero-order chi connectivity index (χ0) is 19.8. The third-order valence-corrected chi connectivity index (χ3v) is 9.80. The third kappa shape index (κ3) is 2.52. The van der Waals surface area contributed by atoms with Gasteiger partial charge >= 0.3 is 5.97 Å². The molecule has 28 heavy (non-hydrogen) atoms. The molecule has 0 amide bonds. The molecule has 1 N–H and O–H groups in total. The first-order valence-corrected chi connectivity index (χ1v) is 11.4. The van der Waals surface area contributed by atoms with E-state index in [4.69, 9.17) is 9.84 Å². The van der Waals surface area contributed by atoms with Gasteiger partial charge in [-0.15, -0.1) is 0 Å². The molecule has 2 unspecified atom stereocenters. The van der Waals surface area contributed by atoms with Crippen molar-refractivity contribution in [1.29, 1.82) is 0 Å². The van der Waals surface area contributed by atoms with Gasteiger partial charge in [0.2, 0.25) is 0 Å². The maximum absolute atomic E-state index is 12.1. The highest BCUT2D eigenvalue weighted by atomic mass is 16.6. The minimum Gasteiger partial charge on any atom is -0.481 e. The SMILES string of the molecule is C[C@H](CCC(=O)O)[C@H]1CC[C@H]2[C@@H]3C4OC4C4=CC(=O)CC[C@]4(C)[C@H]3CC[C@]12C. The Morgan fingerprint density at radius 1 is 1.25 bits per heavy atom. The largest absolute Gasteiger partial charge is 0.481 e. The standard InChI is InChI=1S/C24H34O4/c1-13(4-7-19(26)27)15-5-6-16-20-17(9-11-23(15,16)2)24(3)10-8-14(25)12-18(24)21-22(20)28-21/h12-13,15-17,20-22H,4-11H2,1-3H3,(H,26,27)/t13-,15-,16+,17+,20+,21?,22?,23-,24-/m1/s1. The van der Waals surface area contributed by atoms with Gasteiger partial charge in [-0.25, -0.2) is 0 Å². The van der Waals surface area contributed by atoms with E-state index in [2.05, 4.69) is 20.8 Å². The number of carboxylic acid groups (broad SMARTS) is 1. The Balaban J connectivity index is 1.42. The Morgan fingerprint density at radius 2 is 2.04 bits per heavy atom. The van der Waals surface area contributed by atoms with Crippen molar-refractivity contribution in [2.24, 2.45) is 40.4 Å². The summed E-state index contributed by atoms with van der Waals surface area (Å²) in [5, 5.41) is 9.11. The van der Waals surface area contributed by atoms with Gasteiger partial charge in [-0.2, -0.15) is 0 Å². The molecular formula is C24H34O4. The molecule has 0 aromatic carbocycles. The van der Waals surface area contributed by atoms with Crippen LogP contribution in [0.4, 0.5) is 0 Å². The van der Waals surface area contributed by atoms with Crippen molar-refractivity contribution in [2.75, 3.05) is 0 Å². The lowest BCUT2D eigenvalue weighted by Gasteiger charge is -2.57. The van der Waals surface area contributed by atoms with Crippen molar-refractivity contribution >= 4 is 11.8 Å². The van der Waals surface area contributed by atoms with E-state index in [1.807, 2.05) is 6.08 Å². The molecule has 0 spiro atoms. The summed E-state index contributed by atoms with van der Waals surface area (Å²) in [7, 11) is 0. The molecule has 1 heterocycles. The summed E-state index contributed by atoms with van der Waals surface area (Å²) in [6.45, 7) is 7.18. The molecule has 4 fully saturated rings. The number of aliphatic carboxylic acids is 1. The molecule has 0 bridgehead atoms. The first kappa shape index (κ1) is 18.8. The second-order valence-corrected chi connectivity index (χ2v) is 10.9. The van der Waals surface area contributed by atoms with Crippen molar-refractivity contribution in [3.63, 3.8) is 0 Å². The van der Waals surface area contributed by atoms with Crippen LogP contribution in [0.2, 0.25) is 0 Å². The topological polar surface area (TPSA) is 66.9 Å². The van der Waals surface area contributed by atoms with Gasteiger partial charge in [0.15, 0.2) is 5.78 Å². The molecule has 0 radical (unpaired) electrons. The van der Waals surface area contributed by atoms with Crippen LogP contribution in [0.15, 0.2) is 11.6 Å². The van der Waals surface area contributed by atoms with E-state index in [1.165, 1.54) is 31.3 Å². The fourth-order valence-electron chi connectivity index (χ4n) is 8.33.